The standard InChI is InChI=1S/C15H26N2O2S/c16-14(20)3-7-17(12-1-2-12)13-4-8-19-15(11-13)5-9-18-10-6-15/h12-13H,1-11H2,(H2,16,20). The molecule has 0 radical (unpaired) electrons. The lowest BCUT2D eigenvalue weighted by Crippen LogP contribution is -2.52. The van der Waals surface area contributed by atoms with E-state index in [4.69, 9.17) is 27.4 Å². The average Bonchev–Trinajstić information content (AvgIpc) is 3.24. The van der Waals surface area contributed by atoms with Crippen molar-refractivity contribution < 1.29 is 9.47 Å². The summed E-state index contributed by atoms with van der Waals surface area (Å²) in [6, 6.07) is 1.41. The van der Waals surface area contributed by atoms with Gasteiger partial charge in [-0.15, -0.1) is 0 Å². The minimum absolute atomic E-state index is 0.0809. The second-order valence-electron chi connectivity index (χ2n) is 6.48. The lowest BCUT2D eigenvalue weighted by Gasteiger charge is -2.46. The molecule has 1 atom stereocenters. The van der Waals surface area contributed by atoms with Gasteiger partial charge in [-0.1, -0.05) is 12.2 Å². The van der Waals surface area contributed by atoms with Crippen molar-refractivity contribution in [1.29, 1.82) is 0 Å². The second-order valence-corrected chi connectivity index (χ2v) is 7.00. The molecule has 1 saturated carbocycles. The smallest absolute Gasteiger partial charge is 0.0741 e. The fraction of sp³-hybridized carbons (Fsp3) is 0.933. The number of hydrogen-bond acceptors (Lipinski definition) is 4. The normalized spacial score (nSPS) is 29.8. The molecule has 2 aliphatic heterocycles. The zero-order chi connectivity index (χ0) is 14.0. The largest absolute Gasteiger partial charge is 0.393 e. The van der Waals surface area contributed by atoms with Crippen molar-refractivity contribution >= 4 is 17.2 Å². The Bertz CT molecular complexity index is 348. The van der Waals surface area contributed by atoms with Crippen molar-refractivity contribution in [3.8, 4) is 0 Å². The number of nitrogens with two attached hydrogens (primary N) is 1. The third-order valence-electron chi connectivity index (χ3n) is 4.97. The molecule has 0 aromatic carbocycles. The van der Waals surface area contributed by atoms with Gasteiger partial charge in [-0.05, 0) is 38.5 Å². The van der Waals surface area contributed by atoms with Crippen LogP contribution in [-0.4, -0.2) is 53.9 Å². The molecular weight excluding hydrogens is 272 g/mol. The van der Waals surface area contributed by atoms with Crippen molar-refractivity contribution in [2.45, 2.75) is 62.6 Å². The van der Waals surface area contributed by atoms with Crippen LogP contribution in [0, 0.1) is 0 Å². The molecular formula is C15H26N2O2S. The molecule has 1 spiro atoms. The van der Waals surface area contributed by atoms with Gasteiger partial charge >= 0.3 is 0 Å². The molecule has 114 valence electrons. The number of hydrogen-bond donors (Lipinski definition) is 1. The lowest BCUT2D eigenvalue weighted by atomic mass is 9.83. The van der Waals surface area contributed by atoms with Gasteiger partial charge < -0.3 is 15.2 Å². The summed E-state index contributed by atoms with van der Waals surface area (Å²) in [4.78, 5) is 3.31. The van der Waals surface area contributed by atoms with Gasteiger partial charge in [-0.25, -0.2) is 0 Å². The van der Waals surface area contributed by atoms with Crippen molar-refractivity contribution in [2.24, 2.45) is 5.73 Å². The van der Waals surface area contributed by atoms with Gasteiger partial charge in [0.25, 0.3) is 0 Å². The summed E-state index contributed by atoms with van der Waals surface area (Å²) in [5.74, 6) is 0. The Kier molecular flexibility index (Phi) is 4.60. The molecule has 3 fully saturated rings. The Morgan fingerprint density at radius 1 is 1.15 bits per heavy atom. The van der Waals surface area contributed by atoms with E-state index >= 15 is 0 Å². The van der Waals surface area contributed by atoms with Crippen LogP contribution in [0.25, 0.3) is 0 Å². The summed E-state index contributed by atoms with van der Waals surface area (Å²) >= 11 is 5.05. The lowest BCUT2D eigenvalue weighted by molar-refractivity contribution is -0.151. The van der Waals surface area contributed by atoms with E-state index < -0.39 is 0 Å². The maximum Gasteiger partial charge on any atom is 0.0741 e. The van der Waals surface area contributed by atoms with Gasteiger partial charge in [-0.2, -0.15) is 0 Å². The van der Waals surface area contributed by atoms with E-state index in [1.807, 2.05) is 0 Å². The first-order valence-corrected chi connectivity index (χ1v) is 8.35. The van der Waals surface area contributed by atoms with E-state index in [0.717, 1.165) is 64.5 Å². The summed E-state index contributed by atoms with van der Waals surface area (Å²) < 4.78 is 11.7. The van der Waals surface area contributed by atoms with Gasteiger partial charge in [0, 0.05) is 44.9 Å². The molecule has 2 heterocycles. The summed E-state index contributed by atoms with van der Waals surface area (Å²) in [6.45, 7) is 3.62. The van der Waals surface area contributed by atoms with E-state index in [1.165, 1.54) is 12.8 Å². The van der Waals surface area contributed by atoms with E-state index in [2.05, 4.69) is 4.90 Å². The summed E-state index contributed by atoms with van der Waals surface area (Å²) in [6.07, 6.45) is 7.93. The van der Waals surface area contributed by atoms with Crippen molar-refractivity contribution in [2.75, 3.05) is 26.4 Å². The van der Waals surface area contributed by atoms with Gasteiger partial charge in [0.1, 0.15) is 0 Å². The number of thiocarbonyl (C=S) groups is 1. The minimum Gasteiger partial charge on any atom is -0.393 e. The predicted molar refractivity (Wildman–Crippen MR) is 82.9 cm³/mol. The zero-order valence-corrected chi connectivity index (χ0v) is 13.0. The second kappa shape index (κ2) is 6.26. The van der Waals surface area contributed by atoms with E-state index in [-0.39, 0.29) is 5.60 Å². The number of rotatable bonds is 5. The highest BCUT2D eigenvalue weighted by molar-refractivity contribution is 7.80. The molecule has 0 aromatic heterocycles. The molecule has 1 unspecified atom stereocenters. The highest BCUT2D eigenvalue weighted by Crippen LogP contribution is 2.39. The molecule has 2 saturated heterocycles. The third-order valence-corrected chi connectivity index (χ3v) is 5.18. The quantitative estimate of drug-likeness (QED) is 0.785. The molecule has 0 bridgehead atoms. The van der Waals surface area contributed by atoms with Crippen LogP contribution >= 0.6 is 12.2 Å². The van der Waals surface area contributed by atoms with Gasteiger partial charge in [-0.3, -0.25) is 4.90 Å². The van der Waals surface area contributed by atoms with Crippen LogP contribution in [-0.2, 0) is 9.47 Å². The molecule has 2 N–H and O–H groups in total. The third kappa shape index (κ3) is 3.50. The molecule has 4 nitrogen and oxygen atoms in total. The maximum absolute atomic E-state index is 6.16. The molecule has 0 amide bonds. The van der Waals surface area contributed by atoms with Crippen molar-refractivity contribution in [3.05, 3.63) is 0 Å². The molecule has 0 aromatic rings. The molecule has 3 aliphatic rings. The van der Waals surface area contributed by atoms with E-state index in [9.17, 15) is 0 Å². The SMILES string of the molecule is NC(=S)CCN(C1CC1)C1CCOC2(CCOCC2)C1. The average molecular weight is 298 g/mol. The van der Waals surface area contributed by atoms with Crippen LogP contribution in [0.3, 0.4) is 0 Å². The van der Waals surface area contributed by atoms with Gasteiger partial charge in [0.2, 0.25) is 0 Å². The Labute approximate surface area is 127 Å². The fourth-order valence-corrected chi connectivity index (χ4v) is 3.78. The minimum atomic E-state index is 0.0809. The van der Waals surface area contributed by atoms with Gasteiger partial charge in [0.15, 0.2) is 0 Å². The first kappa shape index (κ1) is 14.7. The van der Waals surface area contributed by atoms with Crippen LogP contribution in [0.15, 0.2) is 0 Å². The molecule has 20 heavy (non-hydrogen) atoms. The summed E-state index contributed by atoms with van der Waals surface area (Å²) in [5, 5.41) is 0. The topological polar surface area (TPSA) is 47.7 Å². The maximum atomic E-state index is 6.16. The summed E-state index contributed by atoms with van der Waals surface area (Å²) in [7, 11) is 0. The molecule has 3 rings (SSSR count). The highest BCUT2D eigenvalue weighted by Gasteiger charge is 2.43. The number of nitrogens with zero attached hydrogens (tertiary/aromatic N) is 1. The fourth-order valence-electron chi connectivity index (χ4n) is 3.69. The van der Waals surface area contributed by atoms with Crippen LogP contribution in [0.4, 0.5) is 0 Å². The van der Waals surface area contributed by atoms with Crippen LogP contribution < -0.4 is 5.73 Å². The first-order valence-electron chi connectivity index (χ1n) is 7.94. The Balaban J connectivity index is 1.62. The monoisotopic (exact) mass is 298 g/mol. The zero-order valence-electron chi connectivity index (χ0n) is 12.2. The van der Waals surface area contributed by atoms with Crippen molar-refractivity contribution in [1.82, 2.24) is 4.90 Å². The Hall–Kier alpha value is -0.230. The molecule has 5 heteroatoms. The van der Waals surface area contributed by atoms with E-state index in [0.29, 0.717) is 11.0 Å². The molecule has 1 aliphatic carbocycles. The van der Waals surface area contributed by atoms with Crippen LogP contribution in [0.1, 0.15) is 44.9 Å². The van der Waals surface area contributed by atoms with Gasteiger partial charge in [0.05, 0.1) is 10.6 Å². The van der Waals surface area contributed by atoms with Crippen molar-refractivity contribution in [3.63, 3.8) is 0 Å². The number of ether oxygens (including phenoxy) is 2. The highest BCUT2D eigenvalue weighted by atomic mass is 32.1. The Morgan fingerprint density at radius 2 is 1.90 bits per heavy atom. The predicted octanol–water partition coefficient (Wildman–Crippen LogP) is 1.86. The Morgan fingerprint density at radius 3 is 2.55 bits per heavy atom. The van der Waals surface area contributed by atoms with Crippen LogP contribution in [0.5, 0.6) is 0 Å². The summed E-state index contributed by atoms with van der Waals surface area (Å²) in [5.41, 5.74) is 5.77. The van der Waals surface area contributed by atoms with Crippen LogP contribution in [0.2, 0.25) is 0 Å². The first-order chi connectivity index (χ1) is 9.69. The van der Waals surface area contributed by atoms with E-state index in [1.54, 1.807) is 0 Å².